The van der Waals surface area contributed by atoms with Crippen LogP contribution in [0.4, 0.5) is 0 Å². The monoisotopic (exact) mass is 583 g/mol. The lowest BCUT2D eigenvalue weighted by Crippen LogP contribution is -2.54. The summed E-state index contributed by atoms with van der Waals surface area (Å²) in [6.45, 7) is 15.5. The molecular formula is C29H49N3O5S2. The van der Waals surface area contributed by atoms with Crippen LogP contribution in [0.15, 0.2) is 29.2 Å². The standard InChI is InChI=1S/C29H49N3O5S2/c1-9-30-38(34,35)26-16-15-23(17-24(26)27(3,4)5)25-18-29(8,39(36,37)31-20-28(6,7)33)21(2)32(25)19-22-13-11-10-12-14-22/h15-18,21-22,30-31,33H,9-14,19-20H2,1-8H3. The maximum Gasteiger partial charge on any atom is 0.240 e. The number of nitrogens with zero attached hydrogens (tertiary/aromatic N) is 1. The summed E-state index contributed by atoms with van der Waals surface area (Å²) < 4.78 is 57.6. The maximum absolute atomic E-state index is 13.7. The SMILES string of the molecule is CCNS(=O)(=O)c1ccc(C2=CC(C)(S(=O)(=O)NCC(C)(C)O)C(C)N2CC2CCCCC2)cc1C(C)(C)C. The van der Waals surface area contributed by atoms with Crippen molar-refractivity contribution in [2.24, 2.45) is 5.92 Å². The van der Waals surface area contributed by atoms with Gasteiger partial charge < -0.3 is 10.0 Å². The van der Waals surface area contributed by atoms with Crippen molar-refractivity contribution in [2.45, 2.75) is 114 Å². The number of rotatable bonds is 10. The number of sulfonamides is 2. The van der Waals surface area contributed by atoms with Crippen molar-refractivity contribution in [3.05, 3.63) is 35.4 Å². The largest absolute Gasteiger partial charge is 0.389 e. The van der Waals surface area contributed by atoms with Crippen molar-refractivity contribution in [1.29, 1.82) is 0 Å². The van der Waals surface area contributed by atoms with Gasteiger partial charge in [-0.3, -0.25) is 0 Å². The fraction of sp³-hybridized carbons (Fsp3) is 0.724. The van der Waals surface area contributed by atoms with Crippen molar-refractivity contribution >= 4 is 25.7 Å². The summed E-state index contributed by atoms with van der Waals surface area (Å²) in [7, 11) is -7.56. The Balaban J connectivity index is 2.16. The Kier molecular flexibility index (Phi) is 9.40. The second-order valence-corrected chi connectivity index (χ2v) is 17.1. The van der Waals surface area contributed by atoms with E-state index in [1.807, 2.05) is 39.8 Å². The highest BCUT2D eigenvalue weighted by atomic mass is 32.2. The molecule has 3 N–H and O–H groups in total. The molecule has 2 atom stereocenters. The summed E-state index contributed by atoms with van der Waals surface area (Å²) in [4.78, 5) is 2.45. The van der Waals surface area contributed by atoms with Gasteiger partial charge in [-0.05, 0) is 81.2 Å². The van der Waals surface area contributed by atoms with Crippen LogP contribution in [0.25, 0.3) is 5.70 Å². The average molecular weight is 584 g/mol. The van der Waals surface area contributed by atoms with Gasteiger partial charge in [0, 0.05) is 25.3 Å². The zero-order valence-electron chi connectivity index (χ0n) is 25.0. The molecule has 0 spiro atoms. The van der Waals surface area contributed by atoms with Crippen molar-refractivity contribution in [3.8, 4) is 0 Å². The minimum absolute atomic E-state index is 0.0887. The molecular weight excluding hydrogens is 534 g/mol. The molecule has 1 aliphatic heterocycles. The first-order valence-electron chi connectivity index (χ1n) is 14.2. The van der Waals surface area contributed by atoms with Crippen LogP contribution in [0.2, 0.25) is 0 Å². The Hall–Kier alpha value is -1.46. The van der Waals surface area contributed by atoms with E-state index in [4.69, 9.17) is 0 Å². The molecule has 39 heavy (non-hydrogen) atoms. The van der Waals surface area contributed by atoms with Gasteiger partial charge in [0.15, 0.2) is 0 Å². The molecule has 1 saturated carbocycles. The molecule has 0 radical (unpaired) electrons. The second kappa shape index (κ2) is 11.4. The van der Waals surface area contributed by atoms with Crippen molar-refractivity contribution in [1.82, 2.24) is 14.3 Å². The fourth-order valence-corrected chi connectivity index (χ4v) is 8.79. The Morgan fingerprint density at radius 1 is 1.03 bits per heavy atom. The molecule has 0 saturated heterocycles. The van der Waals surface area contributed by atoms with Gasteiger partial charge in [0.1, 0.15) is 4.75 Å². The molecule has 2 aliphatic rings. The summed E-state index contributed by atoms with van der Waals surface area (Å²) in [6.07, 6.45) is 7.65. The molecule has 1 aromatic carbocycles. The lowest BCUT2D eigenvalue weighted by atomic mass is 9.85. The third kappa shape index (κ3) is 7.07. The first-order chi connectivity index (χ1) is 17.8. The second-order valence-electron chi connectivity index (χ2n) is 13.1. The van der Waals surface area contributed by atoms with Gasteiger partial charge in [-0.1, -0.05) is 53.0 Å². The fourth-order valence-electron chi connectivity index (χ4n) is 5.65. The van der Waals surface area contributed by atoms with E-state index in [0.717, 1.165) is 30.6 Å². The van der Waals surface area contributed by atoms with Gasteiger partial charge in [0.25, 0.3) is 0 Å². The topological polar surface area (TPSA) is 116 Å². The lowest BCUT2D eigenvalue weighted by Gasteiger charge is -2.38. The Morgan fingerprint density at radius 3 is 2.18 bits per heavy atom. The Morgan fingerprint density at radius 2 is 1.64 bits per heavy atom. The predicted molar refractivity (Wildman–Crippen MR) is 158 cm³/mol. The van der Waals surface area contributed by atoms with Crippen LogP contribution in [0, 0.1) is 5.92 Å². The highest BCUT2D eigenvalue weighted by Gasteiger charge is 2.51. The molecule has 1 heterocycles. The van der Waals surface area contributed by atoms with Crippen LogP contribution in [0.5, 0.6) is 0 Å². The van der Waals surface area contributed by atoms with Gasteiger partial charge in [0.2, 0.25) is 20.0 Å². The molecule has 3 rings (SSSR count). The van der Waals surface area contributed by atoms with Crippen molar-refractivity contribution in [2.75, 3.05) is 19.6 Å². The van der Waals surface area contributed by atoms with Crippen LogP contribution in [-0.4, -0.2) is 62.9 Å². The normalized spacial score (nSPS) is 23.8. The molecule has 1 aromatic rings. The number of benzene rings is 1. The van der Waals surface area contributed by atoms with Gasteiger partial charge >= 0.3 is 0 Å². The van der Waals surface area contributed by atoms with Gasteiger partial charge in [-0.15, -0.1) is 0 Å². The third-order valence-electron chi connectivity index (χ3n) is 8.19. The summed E-state index contributed by atoms with van der Waals surface area (Å²) in [5, 5.41) is 10.2. The molecule has 2 unspecified atom stereocenters. The number of hydrogen-bond donors (Lipinski definition) is 3. The van der Waals surface area contributed by atoms with E-state index in [2.05, 4.69) is 14.3 Å². The molecule has 8 nitrogen and oxygen atoms in total. The summed E-state index contributed by atoms with van der Waals surface area (Å²) in [5.74, 6) is 0.467. The highest BCUT2D eigenvalue weighted by molar-refractivity contribution is 7.91. The minimum Gasteiger partial charge on any atom is -0.389 e. The van der Waals surface area contributed by atoms with Gasteiger partial charge in [-0.25, -0.2) is 26.3 Å². The van der Waals surface area contributed by atoms with E-state index < -0.39 is 35.8 Å². The Labute approximate surface area is 236 Å². The molecule has 0 bridgehead atoms. The van der Waals surface area contributed by atoms with Gasteiger partial charge in [0.05, 0.1) is 16.5 Å². The zero-order chi connectivity index (χ0) is 29.4. The molecule has 0 aromatic heterocycles. The van der Waals surface area contributed by atoms with Crippen LogP contribution in [-0.2, 0) is 25.5 Å². The first-order valence-corrected chi connectivity index (χ1v) is 17.1. The smallest absolute Gasteiger partial charge is 0.240 e. The molecule has 0 amide bonds. The average Bonchev–Trinajstić information content (AvgIpc) is 3.09. The molecule has 1 aliphatic carbocycles. The number of hydrogen-bond acceptors (Lipinski definition) is 6. The van der Waals surface area contributed by atoms with E-state index in [-0.39, 0.29) is 17.5 Å². The highest BCUT2D eigenvalue weighted by Crippen LogP contribution is 2.43. The minimum atomic E-state index is -3.87. The number of nitrogens with one attached hydrogen (secondary N) is 2. The quantitative estimate of drug-likeness (QED) is 0.377. The van der Waals surface area contributed by atoms with E-state index in [0.29, 0.717) is 18.0 Å². The van der Waals surface area contributed by atoms with E-state index in [1.165, 1.54) is 19.3 Å². The van der Waals surface area contributed by atoms with Crippen LogP contribution < -0.4 is 9.44 Å². The zero-order valence-corrected chi connectivity index (χ0v) is 26.6. The first kappa shape index (κ1) is 32.1. The van der Waals surface area contributed by atoms with Crippen molar-refractivity contribution in [3.63, 3.8) is 0 Å². The van der Waals surface area contributed by atoms with E-state index in [1.54, 1.807) is 39.8 Å². The number of aliphatic hydroxyl groups is 1. The summed E-state index contributed by atoms with van der Waals surface area (Å²) in [6, 6.07) is 5.00. The third-order valence-corrected chi connectivity index (χ3v) is 11.9. The van der Waals surface area contributed by atoms with Crippen LogP contribution in [0.3, 0.4) is 0 Å². The van der Waals surface area contributed by atoms with E-state index in [9.17, 15) is 21.9 Å². The summed E-state index contributed by atoms with van der Waals surface area (Å²) >= 11 is 0. The van der Waals surface area contributed by atoms with Crippen molar-refractivity contribution < 1.29 is 21.9 Å². The van der Waals surface area contributed by atoms with Crippen LogP contribution >= 0.6 is 0 Å². The summed E-state index contributed by atoms with van der Waals surface area (Å²) in [5.41, 5.74) is 0.649. The molecule has 222 valence electrons. The lowest BCUT2D eigenvalue weighted by molar-refractivity contribution is 0.0854. The molecule has 1 fully saturated rings. The van der Waals surface area contributed by atoms with E-state index >= 15 is 0 Å². The molecule has 10 heteroatoms. The van der Waals surface area contributed by atoms with Crippen LogP contribution in [0.1, 0.15) is 98.6 Å². The maximum atomic E-state index is 13.7. The Bertz CT molecular complexity index is 1270. The van der Waals surface area contributed by atoms with Gasteiger partial charge in [-0.2, -0.15) is 0 Å². The predicted octanol–water partition coefficient (Wildman–Crippen LogP) is 4.36.